The molecule has 0 fully saturated rings. The molecule has 0 aromatic heterocycles. The highest BCUT2D eigenvalue weighted by Crippen LogP contribution is 2.33. The van der Waals surface area contributed by atoms with E-state index in [2.05, 4.69) is 58.1 Å². The first kappa shape index (κ1) is 12.6. The summed E-state index contributed by atoms with van der Waals surface area (Å²) in [6.07, 6.45) is 0. The zero-order valence-electron chi connectivity index (χ0n) is 11.8. The van der Waals surface area contributed by atoms with Gasteiger partial charge in [0, 0.05) is 13.1 Å². The van der Waals surface area contributed by atoms with Crippen LogP contribution in [0.5, 0.6) is 0 Å². The lowest BCUT2D eigenvalue weighted by Gasteiger charge is -2.31. The van der Waals surface area contributed by atoms with E-state index in [1.807, 2.05) is 0 Å². The summed E-state index contributed by atoms with van der Waals surface area (Å²) >= 11 is 0. The minimum Gasteiger partial charge on any atom is -0.312 e. The van der Waals surface area contributed by atoms with Gasteiger partial charge in [0.1, 0.15) is 0 Å². The Morgan fingerprint density at radius 2 is 1.94 bits per heavy atom. The van der Waals surface area contributed by atoms with Crippen LogP contribution in [-0.2, 0) is 12.0 Å². The van der Waals surface area contributed by atoms with Crippen molar-refractivity contribution in [3.63, 3.8) is 0 Å². The van der Waals surface area contributed by atoms with Crippen molar-refractivity contribution in [2.24, 2.45) is 5.92 Å². The topological polar surface area (TPSA) is 12.0 Å². The molecule has 17 heavy (non-hydrogen) atoms. The summed E-state index contributed by atoms with van der Waals surface area (Å²) < 4.78 is 0. The van der Waals surface area contributed by atoms with Gasteiger partial charge in [-0.25, -0.2) is 0 Å². The molecule has 0 saturated heterocycles. The van der Waals surface area contributed by atoms with Crippen LogP contribution in [0, 0.1) is 5.92 Å². The number of hydrogen-bond donors (Lipinski definition) is 1. The Morgan fingerprint density at radius 1 is 1.24 bits per heavy atom. The zero-order chi connectivity index (χ0) is 12.6. The third-order valence-electron chi connectivity index (χ3n) is 3.89. The molecule has 0 aliphatic carbocycles. The molecule has 0 spiro atoms. The first-order chi connectivity index (χ1) is 7.89. The van der Waals surface area contributed by atoms with Gasteiger partial charge in [-0.05, 0) is 33.9 Å². The average molecular weight is 231 g/mol. The summed E-state index contributed by atoms with van der Waals surface area (Å²) in [5, 5.41) is 3.55. The minimum absolute atomic E-state index is 0.250. The summed E-state index contributed by atoms with van der Waals surface area (Å²) in [4.78, 5) is 0. The van der Waals surface area contributed by atoms with Crippen molar-refractivity contribution in [2.75, 3.05) is 6.54 Å². The number of hydrogen-bond acceptors (Lipinski definition) is 1. The molecule has 0 amide bonds. The van der Waals surface area contributed by atoms with Crippen molar-refractivity contribution >= 4 is 0 Å². The normalized spacial score (nSPS) is 20.5. The number of fused-ring (bicyclic) bond motifs is 1. The van der Waals surface area contributed by atoms with Crippen LogP contribution in [0.1, 0.15) is 57.2 Å². The monoisotopic (exact) mass is 231 g/mol. The Kier molecular flexibility index (Phi) is 3.31. The smallest absolute Gasteiger partial charge is 0.0208 e. The molecule has 0 radical (unpaired) electrons. The minimum atomic E-state index is 0.250. The second-order valence-corrected chi connectivity index (χ2v) is 6.65. The van der Waals surface area contributed by atoms with Gasteiger partial charge < -0.3 is 5.32 Å². The van der Waals surface area contributed by atoms with Crippen molar-refractivity contribution in [3.8, 4) is 0 Å². The summed E-state index contributed by atoms with van der Waals surface area (Å²) in [5.41, 5.74) is 4.76. The molecule has 1 heterocycles. The summed E-state index contributed by atoms with van der Waals surface area (Å²) in [7, 11) is 0. The molecule has 0 saturated carbocycles. The first-order valence-corrected chi connectivity index (χ1v) is 6.73. The van der Waals surface area contributed by atoms with Crippen LogP contribution < -0.4 is 5.32 Å². The van der Waals surface area contributed by atoms with Crippen molar-refractivity contribution in [3.05, 3.63) is 34.9 Å². The van der Waals surface area contributed by atoms with Gasteiger partial charge in [-0.1, -0.05) is 52.8 Å². The molecule has 1 atom stereocenters. The van der Waals surface area contributed by atoms with Crippen molar-refractivity contribution in [2.45, 2.75) is 52.5 Å². The van der Waals surface area contributed by atoms with Crippen LogP contribution in [0.2, 0.25) is 0 Å². The molecule has 2 rings (SSSR count). The fourth-order valence-corrected chi connectivity index (χ4v) is 2.65. The van der Waals surface area contributed by atoms with E-state index in [1.54, 1.807) is 5.56 Å². The fourth-order valence-electron chi connectivity index (χ4n) is 2.65. The quantitative estimate of drug-likeness (QED) is 0.774. The molecule has 1 aromatic rings. The highest BCUT2D eigenvalue weighted by atomic mass is 14.9. The van der Waals surface area contributed by atoms with Gasteiger partial charge in [-0.15, -0.1) is 0 Å². The first-order valence-electron chi connectivity index (χ1n) is 6.73. The van der Waals surface area contributed by atoms with Gasteiger partial charge in [-0.2, -0.15) is 0 Å². The molecular weight excluding hydrogens is 206 g/mol. The second kappa shape index (κ2) is 4.45. The lowest BCUT2D eigenvalue weighted by Crippen LogP contribution is -2.31. The summed E-state index contributed by atoms with van der Waals surface area (Å²) in [5.74, 6) is 1.38. The van der Waals surface area contributed by atoms with Gasteiger partial charge in [0.15, 0.2) is 0 Å². The number of nitrogens with one attached hydrogen (secondary N) is 1. The molecule has 1 N–H and O–H groups in total. The number of rotatable bonds is 1. The SMILES string of the molecule is CC(C)C1CNCc2cc(C(C)(C)C)ccc21. The molecule has 94 valence electrons. The largest absolute Gasteiger partial charge is 0.312 e. The van der Waals surface area contributed by atoms with Crippen LogP contribution >= 0.6 is 0 Å². The Balaban J connectivity index is 2.40. The zero-order valence-corrected chi connectivity index (χ0v) is 11.8. The van der Waals surface area contributed by atoms with E-state index in [4.69, 9.17) is 0 Å². The van der Waals surface area contributed by atoms with Gasteiger partial charge in [-0.3, -0.25) is 0 Å². The van der Waals surface area contributed by atoms with E-state index < -0.39 is 0 Å². The Hall–Kier alpha value is -0.820. The van der Waals surface area contributed by atoms with Crippen LogP contribution in [0.15, 0.2) is 18.2 Å². The van der Waals surface area contributed by atoms with Crippen LogP contribution in [-0.4, -0.2) is 6.54 Å². The third kappa shape index (κ3) is 2.55. The highest BCUT2D eigenvalue weighted by Gasteiger charge is 2.24. The maximum atomic E-state index is 3.55. The lowest BCUT2D eigenvalue weighted by atomic mass is 9.79. The van der Waals surface area contributed by atoms with Crippen LogP contribution in [0.3, 0.4) is 0 Å². The van der Waals surface area contributed by atoms with Crippen molar-refractivity contribution in [1.82, 2.24) is 5.32 Å². The third-order valence-corrected chi connectivity index (χ3v) is 3.89. The summed E-state index contributed by atoms with van der Waals surface area (Å²) in [6, 6.07) is 7.08. The van der Waals surface area contributed by atoms with E-state index in [9.17, 15) is 0 Å². The summed E-state index contributed by atoms with van der Waals surface area (Å²) in [6.45, 7) is 13.6. The Bertz CT molecular complexity index is 398. The van der Waals surface area contributed by atoms with Crippen molar-refractivity contribution < 1.29 is 0 Å². The molecule has 1 aliphatic rings. The van der Waals surface area contributed by atoms with E-state index in [-0.39, 0.29) is 5.41 Å². The Morgan fingerprint density at radius 3 is 2.53 bits per heavy atom. The predicted molar refractivity (Wildman–Crippen MR) is 74.4 cm³/mol. The van der Waals surface area contributed by atoms with E-state index in [0.29, 0.717) is 11.8 Å². The van der Waals surface area contributed by atoms with E-state index >= 15 is 0 Å². The average Bonchev–Trinajstić information content (AvgIpc) is 2.26. The van der Waals surface area contributed by atoms with Gasteiger partial charge in [0.2, 0.25) is 0 Å². The molecular formula is C16H25N. The highest BCUT2D eigenvalue weighted by molar-refractivity contribution is 5.39. The molecule has 1 unspecified atom stereocenters. The molecule has 1 aliphatic heterocycles. The van der Waals surface area contributed by atoms with Gasteiger partial charge >= 0.3 is 0 Å². The molecule has 1 heteroatoms. The van der Waals surface area contributed by atoms with Crippen LogP contribution in [0.25, 0.3) is 0 Å². The fraction of sp³-hybridized carbons (Fsp3) is 0.625. The Labute approximate surface area is 106 Å². The second-order valence-electron chi connectivity index (χ2n) is 6.65. The number of benzene rings is 1. The van der Waals surface area contributed by atoms with E-state index in [0.717, 1.165) is 13.1 Å². The lowest BCUT2D eigenvalue weighted by molar-refractivity contribution is 0.435. The maximum Gasteiger partial charge on any atom is 0.0208 e. The molecule has 1 nitrogen and oxygen atoms in total. The van der Waals surface area contributed by atoms with Gasteiger partial charge in [0.05, 0.1) is 0 Å². The van der Waals surface area contributed by atoms with E-state index in [1.165, 1.54) is 11.1 Å². The molecule has 1 aromatic carbocycles. The predicted octanol–water partition coefficient (Wildman–Crippen LogP) is 3.83. The van der Waals surface area contributed by atoms with Gasteiger partial charge in [0.25, 0.3) is 0 Å². The standard InChI is InChI=1S/C16H25N/c1-11(2)15-10-17-9-12-8-13(16(3,4)5)6-7-14(12)15/h6-8,11,15,17H,9-10H2,1-5H3. The van der Waals surface area contributed by atoms with Crippen LogP contribution in [0.4, 0.5) is 0 Å². The molecule has 0 bridgehead atoms. The van der Waals surface area contributed by atoms with Crippen molar-refractivity contribution in [1.29, 1.82) is 0 Å². The maximum absolute atomic E-state index is 3.55.